The SMILES string of the molecule is Cc1cc(OCCC(=O)N2CCN(C(=O)CCOc3ccc(O)cc3)CC2)ccc1[N+](=O)[O-]. The number of ether oxygens (including phenoxy) is 2. The van der Waals surface area contributed by atoms with Crippen LogP contribution in [0.2, 0.25) is 0 Å². The number of amides is 2. The number of nitro benzene ring substituents is 1. The van der Waals surface area contributed by atoms with Crippen molar-refractivity contribution in [3.8, 4) is 17.2 Å². The van der Waals surface area contributed by atoms with E-state index in [1.54, 1.807) is 34.9 Å². The molecule has 2 amide bonds. The maximum atomic E-state index is 12.4. The number of piperazine rings is 1. The second kappa shape index (κ2) is 11.2. The van der Waals surface area contributed by atoms with Gasteiger partial charge >= 0.3 is 0 Å². The minimum absolute atomic E-state index is 0.0257. The first-order valence-electron chi connectivity index (χ1n) is 10.7. The zero-order valence-corrected chi connectivity index (χ0v) is 18.4. The number of benzene rings is 2. The molecule has 176 valence electrons. The second-order valence-corrected chi connectivity index (χ2v) is 7.66. The molecule has 1 fully saturated rings. The Bertz CT molecular complexity index is 986. The van der Waals surface area contributed by atoms with Crippen molar-refractivity contribution in [1.29, 1.82) is 0 Å². The molecule has 1 saturated heterocycles. The molecule has 10 heteroatoms. The predicted octanol–water partition coefficient (Wildman–Crippen LogP) is 2.52. The van der Waals surface area contributed by atoms with Crippen molar-refractivity contribution in [2.24, 2.45) is 0 Å². The Morgan fingerprint density at radius 2 is 1.39 bits per heavy atom. The van der Waals surface area contributed by atoms with Gasteiger partial charge in [-0.1, -0.05) is 0 Å². The Morgan fingerprint density at radius 3 is 1.88 bits per heavy atom. The van der Waals surface area contributed by atoms with Crippen molar-refractivity contribution in [3.05, 3.63) is 58.1 Å². The predicted molar refractivity (Wildman–Crippen MR) is 119 cm³/mol. The highest BCUT2D eigenvalue weighted by molar-refractivity contribution is 5.78. The van der Waals surface area contributed by atoms with E-state index in [9.17, 15) is 24.8 Å². The van der Waals surface area contributed by atoms with E-state index < -0.39 is 4.92 Å². The fourth-order valence-corrected chi connectivity index (χ4v) is 3.50. The minimum atomic E-state index is -0.449. The lowest BCUT2D eigenvalue weighted by Gasteiger charge is -2.35. The lowest BCUT2D eigenvalue weighted by molar-refractivity contribution is -0.385. The van der Waals surface area contributed by atoms with E-state index in [2.05, 4.69) is 0 Å². The molecular formula is C23H27N3O7. The number of aromatic hydroxyl groups is 1. The van der Waals surface area contributed by atoms with E-state index in [-0.39, 0.29) is 49.3 Å². The Hall–Kier alpha value is -3.82. The number of hydrogen-bond acceptors (Lipinski definition) is 7. The van der Waals surface area contributed by atoms with Crippen molar-refractivity contribution in [1.82, 2.24) is 9.80 Å². The molecule has 10 nitrogen and oxygen atoms in total. The van der Waals surface area contributed by atoms with Gasteiger partial charge in [0.25, 0.3) is 5.69 Å². The van der Waals surface area contributed by atoms with Crippen molar-refractivity contribution >= 4 is 17.5 Å². The number of nitrogens with zero attached hydrogens (tertiary/aromatic N) is 3. The molecule has 0 radical (unpaired) electrons. The lowest BCUT2D eigenvalue weighted by Crippen LogP contribution is -2.51. The minimum Gasteiger partial charge on any atom is -0.508 e. The maximum absolute atomic E-state index is 12.4. The summed E-state index contributed by atoms with van der Waals surface area (Å²) in [5.41, 5.74) is 0.524. The molecule has 33 heavy (non-hydrogen) atoms. The van der Waals surface area contributed by atoms with Crippen LogP contribution >= 0.6 is 0 Å². The fraction of sp³-hybridized carbons (Fsp3) is 0.391. The average Bonchev–Trinajstić information content (AvgIpc) is 2.80. The summed E-state index contributed by atoms with van der Waals surface area (Å²) >= 11 is 0. The molecule has 2 aromatic carbocycles. The smallest absolute Gasteiger partial charge is 0.272 e. The molecule has 0 atom stereocenters. The number of rotatable bonds is 9. The van der Waals surface area contributed by atoms with Gasteiger partial charge in [0, 0.05) is 37.8 Å². The normalized spacial score (nSPS) is 13.5. The van der Waals surface area contributed by atoms with Gasteiger partial charge in [-0.2, -0.15) is 0 Å². The summed E-state index contributed by atoms with van der Waals surface area (Å²) in [6, 6.07) is 10.8. The first-order valence-corrected chi connectivity index (χ1v) is 10.7. The van der Waals surface area contributed by atoms with Crippen LogP contribution < -0.4 is 9.47 Å². The Morgan fingerprint density at radius 1 is 0.909 bits per heavy atom. The molecular weight excluding hydrogens is 430 g/mol. The molecule has 0 spiro atoms. The number of aryl methyl sites for hydroxylation is 1. The van der Waals surface area contributed by atoms with Gasteiger partial charge in [-0.3, -0.25) is 19.7 Å². The first-order chi connectivity index (χ1) is 15.8. The topological polar surface area (TPSA) is 122 Å². The van der Waals surface area contributed by atoms with Crippen molar-refractivity contribution in [2.45, 2.75) is 19.8 Å². The zero-order valence-electron chi connectivity index (χ0n) is 18.4. The van der Waals surface area contributed by atoms with Gasteiger partial charge in [-0.25, -0.2) is 0 Å². The zero-order chi connectivity index (χ0) is 23.8. The Balaban J connectivity index is 1.34. The van der Waals surface area contributed by atoms with E-state index in [0.29, 0.717) is 43.2 Å². The van der Waals surface area contributed by atoms with Crippen LogP contribution in [0.1, 0.15) is 18.4 Å². The molecule has 3 rings (SSSR count). The van der Waals surface area contributed by atoms with Crippen molar-refractivity contribution in [2.75, 3.05) is 39.4 Å². The van der Waals surface area contributed by atoms with E-state index in [4.69, 9.17) is 9.47 Å². The summed E-state index contributed by atoms with van der Waals surface area (Å²) in [5, 5.41) is 20.1. The Labute approximate surface area is 191 Å². The van der Waals surface area contributed by atoms with Crippen LogP contribution in [-0.4, -0.2) is 71.0 Å². The number of carbonyl (C=O) groups excluding carboxylic acids is 2. The van der Waals surface area contributed by atoms with Crippen molar-refractivity contribution in [3.63, 3.8) is 0 Å². The average molecular weight is 457 g/mol. The van der Waals surface area contributed by atoms with Gasteiger partial charge in [-0.15, -0.1) is 0 Å². The van der Waals surface area contributed by atoms with Crippen molar-refractivity contribution < 1.29 is 29.1 Å². The van der Waals surface area contributed by atoms with Crippen LogP contribution in [0, 0.1) is 17.0 Å². The van der Waals surface area contributed by atoms with E-state index in [1.807, 2.05) is 0 Å². The maximum Gasteiger partial charge on any atom is 0.272 e. The molecule has 1 aliphatic heterocycles. The molecule has 2 aromatic rings. The van der Waals surface area contributed by atoms with Gasteiger partial charge in [0.1, 0.15) is 17.2 Å². The van der Waals surface area contributed by atoms with E-state index in [0.717, 1.165) is 0 Å². The monoisotopic (exact) mass is 457 g/mol. The van der Waals surface area contributed by atoms with E-state index in [1.165, 1.54) is 24.3 Å². The van der Waals surface area contributed by atoms with Crippen LogP contribution in [-0.2, 0) is 9.59 Å². The number of nitro groups is 1. The number of carbonyl (C=O) groups is 2. The standard InChI is InChI=1S/C23H27N3O7/c1-17-16-20(6-7-21(17)26(30)31)33-15-9-23(29)25-12-10-24(11-13-25)22(28)8-14-32-19-4-2-18(27)3-5-19/h2-7,16,27H,8-15H2,1H3. The van der Waals surface area contributed by atoms with Crippen LogP contribution in [0.15, 0.2) is 42.5 Å². The van der Waals surface area contributed by atoms with Gasteiger partial charge < -0.3 is 24.4 Å². The third-order valence-corrected chi connectivity index (χ3v) is 5.36. The fourth-order valence-electron chi connectivity index (χ4n) is 3.50. The quantitative estimate of drug-likeness (QED) is 0.453. The molecule has 1 N–H and O–H groups in total. The van der Waals surface area contributed by atoms with Gasteiger partial charge in [0.15, 0.2) is 0 Å². The number of hydrogen-bond donors (Lipinski definition) is 1. The highest BCUT2D eigenvalue weighted by Crippen LogP contribution is 2.23. The molecule has 0 bridgehead atoms. The highest BCUT2D eigenvalue weighted by Gasteiger charge is 2.24. The molecule has 0 unspecified atom stereocenters. The molecule has 0 aliphatic carbocycles. The first kappa shape index (κ1) is 23.8. The summed E-state index contributed by atoms with van der Waals surface area (Å²) in [6.45, 7) is 3.89. The highest BCUT2D eigenvalue weighted by atomic mass is 16.6. The molecule has 0 aromatic heterocycles. The summed E-state index contributed by atoms with van der Waals surface area (Å²) in [5.74, 6) is 1.13. The summed E-state index contributed by atoms with van der Waals surface area (Å²) < 4.78 is 11.1. The van der Waals surface area contributed by atoms with Crippen LogP contribution in [0.4, 0.5) is 5.69 Å². The number of phenols is 1. The largest absolute Gasteiger partial charge is 0.508 e. The van der Waals surface area contributed by atoms with Crippen LogP contribution in [0.5, 0.6) is 17.2 Å². The lowest BCUT2D eigenvalue weighted by atomic mass is 10.2. The van der Waals surface area contributed by atoms with E-state index >= 15 is 0 Å². The summed E-state index contributed by atoms with van der Waals surface area (Å²) in [6.07, 6.45) is 0.418. The van der Waals surface area contributed by atoms with Gasteiger partial charge in [0.05, 0.1) is 31.0 Å². The Kier molecular flexibility index (Phi) is 8.06. The van der Waals surface area contributed by atoms with Crippen LogP contribution in [0.3, 0.4) is 0 Å². The van der Waals surface area contributed by atoms with Crippen LogP contribution in [0.25, 0.3) is 0 Å². The second-order valence-electron chi connectivity index (χ2n) is 7.66. The summed E-state index contributed by atoms with van der Waals surface area (Å²) in [4.78, 5) is 38.7. The number of phenolic OH excluding ortho intramolecular Hbond substituents is 1. The van der Waals surface area contributed by atoms with Gasteiger partial charge in [0.2, 0.25) is 11.8 Å². The third kappa shape index (κ3) is 6.83. The molecule has 1 heterocycles. The third-order valence-electron chi connectivity index (χ3n) is 5.36. The van der Waals surface area contributed by atoms with Gasteiger partial charge in [-0.05, 0) is 43.3 Å². The molecule has 0 saturated carbocycles. The summed E-state index contributed by atoms with van der Waals surface area (Å²) in [7, 11) is 0. The molecule has 1 aliphatic rings.